The molecule has 148 valence electrons. The van der Waals surface area contributed by atoms with Gasteiger partial charge in [0.25, 0.3) is 15.9 Å². The minimum absolute atomic E-state index is 0.173. The number of hydrogen-bond donors (Lipinski definition) is 1. The summed E-state index contributed by atoms with van der Waals surface area (Å²) in [6.45, 7) is 0. The highest BCUT2D eigenvalue weighted by Crippen LogP contribution is 2.22. The van der Waals surface area contributed by atoms with Crippen molar-refractivity contribution in [2.75, 3.05) is 11.4 Å². The maximum Gasteiger partial charge on any atom is 0.271 e. The maximum absolute atomic E-state index is 13.5. The number of hydrazone groups is 1. The minimum atomic E-state index is -3.70. The number of benzene rings is 3. The Hall–Kier alpha value is -3.52. The van der Waals surface area contributed by atoms with Gasteiger partial charge in [0.05, 0.1) is 16.8 Å². The monoisotopic (exact) mass is 411 g/mol. The second-order valence-electron chi connectivity index (χ2n) is 6.05. The molecular weight excluding hydrogens is 393 g/mol. The topological polar surface area (TPSA) is 78.8 Å². The van der Waals surface area contributed by atoms with E-state index in [0.717, 1.165) is 4.31 Å². The van der Waals surface area contributed by atoms with Crippen molar-refractivity contribution in [3.63, 3.8) is 0 Å². The summed E-state index contributed by atoms with van der Waals surface area (Å²) in [6.07, 6.45) is 1.21. The predicted molar refractivity (Wildman–Crippen MR) is 110 cm³/mol. The van der Waals surface area contributed by atoms with Gasteiger partial charge in [0.2, 0.25) is 0 Å². The molecule has 0 spiro atoms. The third kappa shape index (κ3) is 4.67. The first-order valence-corrected chi connectivity index (χ1v) is 10.1. The fourth-order valence-corrected chi connectivity index (χ4v) is 3.73. The molecule has 3 aromatic rings. The lowest BCUT2D eigenvalue weighted by molar-refractivity contribution is 0.0955. The number of anilines is 1. The van der Waals surface area contributed by atoms with Gasteiger partial charge in [0, 0.05) is 18.2 Å². The van der Waals surface area contributed by atoms with Crippen molar-refractivity contribution in [3.8, 4) is 0 Å². The first-order chi connectivity index (χ1) is 13.9. The van der Waals surface area contributed by atoms with Crippen LogP contribution in [0.2, 0.25) is 0 Å². The number of rotatable bonds is 6. The van der Waals surface area contributed by atoms with E-state index in [0.29, 0.717) is 5.69 Å². The smallest absolute Gasteiger partial charge is 0.269 e. The van der Waals surface area contributed by atoms with Crippen molar-refractivity contribution < 1.29 is 17.6 Å². The van der Waals surface area contributed by atoms with Crippen molar-refractivity contribution in [3.05, 3.63) is 95.8 Å². The fourth-order valence-electron chi connectivity index (χ4n) is 2.52. The molecular formula is C21H18FN3O3S. The molecule has 8 heteroatoms. The van der Waals surface area contributed by atoms with E-state index in [1.54, 1.807) is 30.3 Å². The van der Waals surface area contributed by atoms with E-state index in [2.05, 4.69) is 10.5 Å². The molecule has 3 rings (SSSR count). The maximum atomic E-state index is 13.5. The number of nitrogens with zero attached hydrogens (tertiary/aromatic N) is 2. The van der Waals surface area contributed by atoms with Crippen molar-refractivity contribution in [1.29, 1.82) is 0 Å². The summed E-state index contributed by atoms with van der Waals surface area (Å²) < 4.78 is 40.0. The highest BCUT2D eigenvalue weighted by molar-refractivity contribution is 7.92. The molecule has 0 saturated heterocycles. The van der Waals surface area contributed by atoms with Gasteiger partial charge < -0.3 is 0 Å². The number of hydrogen-bond acceptors (Lipinski definition) is 4. The summed E-state index contributed by atoms with van der Waals surface area (Å²) in [6, 6.07) is 20.1. The molecule has 0 fully saturated rings. The molecule has 0 aliphatic heterocycles. The summed E-state index contributed by atoms with van der Waals surface area (Å²) in [5.74, 6) is -0.949. The van der Waals surface area contributed by atoms with E-state index in [1.807, 2.05) is 0 Å². The normalized spacial score (nSPS) is 11.4. The van der Waals surface area contributed by atoms with Crippen molar-refractivity contribution in [2.45, 2.75) is 4.90 Å². The Morgan fingerprint density at radius 1 is 0.966 bits per heavy atom. The van der Waals surface area contributed by atoms with Crippen LogP contribution in [-0.2, 0) is 10.0 Å². The van der Waals surface area contributed by atoms with Crippen LogP contribution in [0.1, 0.15) is 15.9 Å². The lowest BCUT2D eigenvalue weighted by atomic mass is 10.2. The van der Waals surface area contributed by atoms with E-state index in [4.69, 9.17) is 0 Å². The van der Waals surface area contributed by atoms with Crippen molar-refractivity contribution in [2.24, 2.45) is 5.10 Å². The van der Waals surface area contributed by atoms with Crippen LogP contribution < -0.4 is 9.73 Å². The number of carbonyl (C=O) groups excluding carboxylic acids is 1. The molecule has 1 amide bonds. The number of carbonyl (C=O) groups is 1. The molecule has 0 saturated carbocycles. The Morgan fingerprint density at radius 3 is 2.24 bits per heavy atom. The van der Waals surface area contributed by atoms with E-state index >= 15 is 0 Å². The van der Waals surface area contributed by atoms with Crippen LogP contribution in [0.15, 0.2) is 88.9 Å². The van der Waals surface area contributed by atoms with Crippen LogP contribution in [0.4, 0.5) is 10.1 Å². The third-order valence-electron chi connectivity index (χ3n) is 4.17. The lowest BCUT2D eigenvalue weighted by Crippen LogP contribution is -2.26. The average molecular weight is 411 g/mol. The highest BCUT2D eigenvalue weighted by atomic mass is 32.2. The van der Waals surface area contributed by atoms with Gasteiger partial charge in [0.1, 0.15) is 5.82 Å². The Bertz CT molecular complexity index is 1130. The minimum Gasteiger partial charge on any atom is -0.269 e. The molecule has 0 unspecified atom stereocenters. The zero-order valence-corrected chi connectivity index (χ0v) is 16.3. The number of amides is 1. The van der Waals surface area contributed by atoms with Gasteiger partial charge in [-0.25, -0.2) is 18.2 Å². The molecule has 0 heterocycles. The molecule has 29 heavy (non-hydrogen) atoms. The van der Waals surface area contributed by atoms with E-state index in [1.165, 1.54) is 61.8 Å². The number of halogens is 1. The van der Waals surface area contributed by atoms with Gasteiger partial charge in [-0.3, -0.25) is 9.10 Å². The Kier molecular flexibility index (Phi) is 6.04. The summed E-state index contributed by atoms with van der Waals surface area (Å²) in [7, 11) is -2.26. The van der Waals surface area contributed by atoms with Crippen molar-refractivity contribution >= 4 is 27.8 Å². The van der Waals surface area contributed by atoms with Crippen LogP contribution in [0, 0.1) is 5.82 Å². The van der Waals surface area contributed by atoms with Crippen LogP contribution in [-0.4, -0.2) is 27.6 Å². The largest absolute Gasteiger partial charge is 0.271 e. The Morgan fingerprint density at radius 2 is 1.59 bits per heavy atom. The zero-order chi connectivity index (χ0) is 20.9. The quantitative estimate of drug-likeness (QED) is 0.499. The van der Waals surface area contributed by atoms with E-state index < -0.39 is 21.7 Å². The summed E-state index contributed by atoms with van der Waals surface area (Å²) in [5.41, 5.74) is 3.24. The van der Waals surface area contributed by atoms with Gasteiger partial charge in [-0.2, -0.15) is 5.10 Å². The van der Waals surface area contributed by atoms with Gasteiger partial charge in [0.15, 0.2) is 0 Å². The first kappa shape index (κ1) is 20.2. The molecule has 0 bridgehead atoms. The lowest BCUT2D eigenvalue weighted by Gasteiger charge is -2.19. The van der Waals surface area contributed by atoms with Gasteiger partial charge in [-0.15, -0.1) is 0 Å². The van der Waals surface area contributed by atoms with Gasteiger partial charge >= 0.3 is 0 Å². The number of sulfonamides is 1. The van der Waals surface area contributed by atoms with Crippen LogP contribution >= 0.6 is 0 Å². The fraction of sp³-hybridized carbons (Fsp3) is 0.0476. The van der Waals surface area contributed by atoms with E-state index in [9.17, 15) is 17.6 Å². The molecule has 6 nitrogen and oxygen atoms in total. The average Bonchev–Trinajstić information content (AvgIpc) is 2.75. The zero-order valence-electron chi connectivity index (χ0n) is 15.5. The van der Waals surface area contributed by atoms with E-state index in [-0.39, 0.29) is 16.0 Å². The molecule has 0 aromatic heterocycles. The molecule has 0 radical (unpaired) electrons. The highest BCUT2D eigenvalue weighted by Gasteiger charge is 2.21. The third-order valence-corrected chi connectivity index (χ3v) is 5.97. The second kappa shape index (κ2) is 8.66. The first-order valence-electron chi connectivity index (χ1n) is 8.61. The number of nitrogens with one attached hydrogen (secondary N) is 1. The molecule has 1 N–H and O–H groups in total. The predicted octanol–water partition coefficient (Wildman–Crippen LogP) is 3.41. The summed E-state index contributed by atoms with van der Waals surface area (Å²) in [5, 5.41) is 3.74. The van der Waals surface area contributed by atoms with Crippen molar-refractivity contribution in [1.82, 2.24) is 5.43 Å². The molecule has 0 aliphatic rings. The molecule has 3 aromatic carbocycles. The Balaban J connectivity index is 1.69. The molecule has 0 atom stereocenters. The summed E-state index contributed by atoms with van der Waals surface area (Å²) >= 11 is 0. The second-order valence-corrected chi connectivity index (χ2v) is 8.02. The van der Waals surface area contributed by atoms with Gasteiger partial charge in [-0.1, -0.05) is 36.4 Å². The van der Waals surface area contributed by atoms with Crippen LogP contribution in [0.3, 0.4) is 0 Å². The summed E-state index contributed by atoms with van der Waals surface area (Å²) in [4.78, 5) is 12.3. The van der Waals surface area contributed by atoms with Gasteiger partial charge in [-0.05, 0) is 42.5 Å². The van der Waals surface area contributed by atoms with Crippen LogP contribution in [0.5, 0.6) is 0 Å². The SMILES string of the molecule is CN(c1ccc(C(=O)N/N=C/c2ccccc2F)cc1)S(=O)(=O)c1ccccc1. The standard InChI is InChI=1S/C21H18FN3O3S/c1-25(29(27,28)19-8-3-2-4-9-19)18-13-11-16(12-14-18)21(26)24-23-15-17-7-5-6-10-20(17)22/h2-15H,1H3,(H,24,26)/b23-15+. The Labute approximate surface area is 168 Å². The van der Waals surface area contributed by atoms with Crippen LogP contribution in [0.25, 0.3) is 0 Å². The molecule has 0 aliphatic carbocycles.